The number of anilines is 1. The standard InChI is InChI=1S/C32H35NO7/c1-8-10-20(9-2)23-17-22(12-14-26(23)36-6)30(34)33-24-18-21-11-13-25(19(3)29(21)39-31(24)35)38-28-16-15-27(37-7)32(4,5)40-28/h8-14,17-18,27-28H,1-2,15-16H2,3-7H3,(H,33,34)/b20-10+. The number of carbonyl (C=O) groups is 1. The number of rotatable bonds is 9. The van der Waals surface area contributed by atoms with Gasteiger partial charge < -0.3 is 28.7 Å². The molecular formula is C32H35NO7. The monoisotopic (exact) mass is 545 g/mol. The third kappa shape index (κ3) is 5.88. The molecule has 0 radical (unpaired) electrons. The van der Waals surface area contributed by atoms with E-state index in [9.17, 15) is 9.59 Å². The third-order valence-corrected chi connectivity index (χ3v) is 7.06. The van der Waals surface area contributed by atoms with E-state index in [4.69, 9.17) is 23.4 Å². The van der Waals surface area contributed by atoms with Crippen molar-refractivity contribution in [3.05, 3.63) is 94.9 Å². The maximum Gasteiger partial charge on any atom is 0.360 e. The summed E-state index contributed by atoms with van der Waals surface area (Å²) in [6.07, 6.45) is 6.03. The van der Waals surface area contributed by atoms with Crippen LogP contribution in [0.15, 0.2) is 77.0 Å². The number of hydrogen-bond acceptors (Lipinski definition) is 7. The summed E-state index contributed by atoms with van der Waals surface area (Å²) in [7, 11) is 3.23. The van der Waals surface area contributed by atoms with Crippen molar-refractivity contribution in [3.63, 3.8) is 0 Å². The van der Waals surface area contributed by atoms with Crippen molar-refractivity contribution >= 4 is 28.1 Å². The summed E-state index contributed by atoms with van der Waals surface area (Å²) in [6, 6.07) is 10.2. The van der Waals surface area contributed by atoms with Crippen LogP contribution in [-0.4, -0.2) is 38.1 Å². The molecule has 210 valence electrons. The highest BCUT2D eigenvalue weighted by atomic mass is 16.7. The second-order valence-corrected chi connectivity index (χ2v) is 10.1. The lowest BCUT2D eigenvalue weighted by molar-refractivity contribution is -0.233. The number of nitrogens with one attached hydrogen (secondary N) is 1. The lowest BCUT2D eigenvalue weighted by Gasteiger charge is -2.41. The quantitative estimate of drug-likeness (QED) is 0.245. The van der Waals surface area contributed by atoms with Crippen LogP contribution < -0.4 is 20.4 Å². The molecule has 0 bridgehead atoms. The maximum atomic E-state index is 13.1. The van der Waals surface area contributed by atoms with Gasteiger partial charge in [-0.15, -0.1) is 0 Å². The third-order valence-electron chi connectivity index (χ3n) is 7.06. The molecule has 0 saturated carbocycles. The lowest BCUT2D eigenvalue weighted by atomic mass is 9.94. The van der Waals surface area contributed by atoms with E-state index < -0.39 is 23.4 Å². The van der Waals surface area contributed by atoms with Gasteiger partial charge in [0.05, 0.1) is 18.8 Å². The molecule has 2 heterocycles. The van der Waals surface area contributed by atoms with E-state index in [1.807, 2.05) is 20.8 Å². The Bertz CT molecular complexity index is 1530. The summed E-state index contributed by atoms with van der Waals surface area (Å²) in [4.78, 5) is 26.0. The number of carbonyl (C=O) groups excluding carboxylic acids is 1. The minimum atomic E-state index is -0.675. The number of fused-ring (bicyclic) bond motifs is 1. The Morgan fingerprint density at radius 2 is 1.85 bits per heavy atom. The normalized spacial score (nSPS) is 18.7. The second-order valence-electron chi connectivity index (χ2n) is 10.1. The number of benzene rings is 2. The van der Waals surface area contributed by atoms with Crippen molar-refractivity contribution in [3.8, 4) is 11.5 Å². The van der Waals surface area contributed by atoms with E-state index >= 15 is 0 Å². The van der Waals surface area contributed by atoms with Gasteiger partial charge in [-0.25, -0.2) is 4.79 Å². The van der Waals surface area contributed by atoms with Crippen LogP contribution in [0.25, 0.3) is 16.5 Å². The Labute approximate surface area is 233 Å². The first-order chi connectivity index (χ1) is 19.1. The zero-order chi connectivity index (χ0) is 29.0. The van der Waals surface area contributed by atoms with Crippen molar-refractivity contribution in [2.24, 2.45) is 0 Å². The van der Waals surface area contributed by atoms with E-state index in [1.165, 1.54) is 0 Å². The molecule has 0 spiro atoms. The van der Waals surface area contributed by atoms with Crippen LogP contribution >= 0.6 is 0 Å². The Kier molecular flexibility index (Phi) is 8.61. The smallest absolute Gasteiger partial charge is 0.360 e. The van der Waals surface area contributed by atoms with Crippen molar-refractivity contribution in [2.75, 3.05) is 19.5 Å². The summed E-state index contributed by atoms with van der Waals surface area (Å²) in [6.45, 7) is 13.3. The van der Waals surface area contributed by atoms with Crippen molar-refractivity contribution in [1.82, 2.24) is 0 Å². The number of ether oxygens (including phenoxy) is 4. The molecule has 0 aliphatic carbocycles. The maximum absolute atomic E-state index is 13.1. The molecule has 2 atom stereocenters. The molecule has 1 amide bonds. The molecule has 8 nitrogen and oxygen atoms in total. The molecule has 1 saturated heterocycles. The van der Waals surface area contributed by atoms with Gasteiger partial charge in [-0.2, -0.15) is 0 Å². The fourth-order valence-electron chi connectivity index (χ4n) is 4.92. The minimum absolute atomic E-state index is 0.0196. The van der Waals surface area contributed by atoms with Gasteiger partial charge >= 0.3 is 5.63 Å². The summed E-state index contributed by atoms with van der Waals surface area (Å²) in [5.41, 5.74) is 1.63. The summed E-state index contributed by atoms with van der Waals surface area (Å²) in [5.74, 6) is 0.658. The van der Waals surface area contributed by atoms with E-state index in [0.717, 1.165) is 12.0 Å². The van der Waals surface area contributed by atoms with Crippen LogP contribution in [0.1, 0.15) is 48.2 Å². The highest BCUT2D eigenvalue weighted by Gasteiger charge is 2.39. The van der Waals surface area contributed by atoms with Gasteiger partial charge in [-0.1, -0.05) is 31.4 Å². The zero-order valence-electron chi connectivity index (χ0n) is 23.5. The highest BCUT2D eigenvalue weighted by molar-refractivity contribution is 6.05. The number of aryl methyl sites for hydroxylation is 1. The van der Waals surface area contributed by atoms with E-state index in [-0.39, 0.29) is 11.8 Å². The topological polar surface area (TPSA) is 96.2 Å². The minimum Gasteiger partial charge on any atom is -0.496 e. The average molecular weight is 546 g/mol. The second kappa shape index (κ2) is 11.9. The van der Waals surface area contributed by atoms with Gasteiger partial charge in [-0.3, -0.25) is 4.79 Å². The fraction of sp³-hybridized carbons (Fsp3) is 0.312. The Balaban J connectivity index is 1.58. The van der Waals surface area contributed by atoms with Crippen molar-refractivity contribution in [1.29, 1.82) is 0 Å². The molecule has 2 aromatic carbocycles. The number of amides is 1. The van der Waals surface area contributed by atoms with Gasteiger partial charge in [0.25, 0.3) is 5.91 Å². The first-order valence-electron chi connectivity index (χ1n) is 13.0. The molecule has 1 aromatic heterocycles. The first kappa shape index (κ1) is 28.9. The van der Waals surface area contributed by atoms with Crippen molar-refractivity contribution in [2.45, 2.75) is 51.6 Å². The van der Waals surface area contributed by atoms with Crippen LogP contribution in [0, 0.1) is 6.92 Å². The molecule has 3 aromatic rings. The van der Waals surface area contributed by atoms with E-state index in [2.05, 4.69) is 18.5 Å². The van der Waals surface area contributed by atoms with Gasteiger partial charge in [0.15, 0.2) is 0 Å². The molecular weight excluding hydrogens is 510 g/mol. The van der Waals surface area contributed by atoms with Gasteiger partial charge in [-0.05, 0) is 69.2 Å². The van der Waals surface area contributed by atoms with Crippen LogP contribution in [0.4, 0.5) is 5.69 Å². The van der Waals surface area contributed by atoms with Crippen LogP contribution in [-0.2, 0) is 9.47 Å². The number of hydrogen-bond donors (Lipinski definition) is 1. The first-order valence-corrected chi connectivity index (χ1v) is 13.0. The lowest BCUT2D eigenvalue weighted by Crippen LogP contribution is -2.49. The highest BCUT2D eigenvalue weighted by Crippen LogP contribution is 2.34. The van der Waals surface area contributed by atoms with Crippen LogP contribution in [0.2, 0.25) is 0 Å². The summed E-state index contributed by atoms with van der Waals surface area (Å²) >= 11 is 0. The van der Waals surface area contributed by atoms with Gasteiger partial charge in [0.1, 0.15) is 22.8 Å². The number of allylic oxidation sites excluding steroid dienone is 4. The van der Waals surface area contributed by atoms with Gasteiger partial charge in [0.2, 0.25) is 6.29 Å². The molecule has 4 rings (SSSR count). The molecule has 8 heteroatoms. The molecule has 40 heavy (non-hydrogen) atoms. The van der Waals surface area contributed by atoms with E-state index in [1.54, 1.807) is 68.8 Å². The molecule has 1 aliphatic heterocycles. The van der Waals surface area contributed by atoms with Crippen molar-refractivity contribution < 1.29 is 28.2 Å². The summed E-state index contributed by atoms with van der Waals surface area (Å²) < 4.78 is 28.9. The SMILES string of the molecule is C=C/C=C(\C=C)c1cc(C(=O)Nc2cc3ccc(OC4CCC(OC)C(C)(C)O4)c(C)c3oc2=O)ccc1OC. The molecule has 1 fully saturated rings. The van der Waals surface area contributed by atoms with Gasteiger partial charge in [0, 0.05) is 35.6 Å². The zero-order valence-corrected chi connectivity index (χ0v) is 23.5. The Hall–Kier alpha value is -4.14. The van der Waals surface area contributed by atoms with E-state index in [0.29, 0.717) is 45.6 Å². The predicted molar refractivity (Wildman–Crippen MR) is 156 cm³/mol. The summed E-state index contributed by atoms with van der Waals surface area (Å²) in [5, 5.41) is 3.32. The van der Waals surface area contributed by atoms with Crippen LogP contribution in [0.3, 0.4) is 0 Å². The molecule has 1 N–H and O–H groups in total. The largest absolute Gasteiger partial charge is 0.496 e. The molecule has 2 unspecified atom stereocenters. The van der Waals surface area contributed by atoms with Crippen LogP contribution in [0.5, 0.6) is 11.5 Å². The predicted octanol–water partition coefficient (Wildman–Crippen LogP) is 6.43. The molecule has 1 aliphatic rings. The average Bonchev–Trinajstić information content (AvgIpc) is 2.93. The Morgan fingerprint density at radius 3 is 2.50 bits per heavy atom. The number of methoxy groups -OCH3 is 2. The Morgan fingerprint density at radius 1 is 1.10 bits per heavy atom. The fourth-order valence-corrected chi connectivity index (χ4v) is 4.92.